The van der Waals surface area contributed by atoms with E-state index in [4.69, 9.17) is 9.26 Å². The molecular weight excluding hydrogens is 254 g/mol. The number of rotatable bonds is 5. The second-order valence-corrected chi connectivity index (χ2v) is 6.20. The van der Waals surface area contributed by atoms with Crippen molar-refractivity contribution >= 4 is 0 Å². The average molecular weight is 281 g/mol. The van der Waals surface area contributed by atoms with E-state index >= 15 is 0 Å². The summed E-state index contributed by atoms with van der Waals surface area (Å²) >= 11 is 0. The number of aryl methyl sites for hydroxylation is 2. The molecular formula is C15H27N3O2. The Bertz CT molecular complexity index is 415. The summed E-state index contributed by atoms with van der Waals surface area (Å²) in [4.78, 5) is 4.69. The minimum Gasteiger partial charge on any atom is -0.377 e. The maximum Gasteiger partial charge on any atom is 0.138 e. The topological polar surface area (TPSA) is 41.7 Å². The van der Waals surface area contributed by atoms with Gasteiger partial charge in [0.05, 0.1) is 11.3 Å². The van der Waals surface area contributed by atoms with Gasteiger partial charge in [-0.25, -0.2) is 0 Å². The largest absolute Gasteiger partial charge is 0.377 e. The molecule has 2 heterocycles. The third-order valence-corrected chi connectivity index (χ3v) is 4.37. The summed E-state index contributed by atoms with van der Waals surface area (Å²) < 4.78 is 11.1. The van der Waals surface area contributed by atoms with Crippen LogP contribution >= 0.6 is 0 Å². The van der Waals surface area contributed by atoms with E-state index in [0.29, 0.717) is 0 Å². The first-order valence-corrected chi connectivity index (χ1v) is 7.30. The predicted molar refractivity (Wildman–Crippen MR) is 78.8 cm³/mol. The van der Waals surface area contributed by atoms with Gasteiger partial charge in [-0.15, -0.1) is 0 Å². The standard InChI is InChI=1S/C15H27N3O2/c1-12-14(13(2)20-16-12)10-18-8-6-15(19-5,7-9-18)11-17(3)4/h6-11H2,1-5H3. The van der Waals surface area contributed by atoms with Gasteiger partial charge in [-0.1, -0.05) is 5.16 Å². The Kier molecular flexibility index (Phi) is 4.83. The predicted octanol–water partition coefficient (Wildman–Crippen LogP) is 1.83. The highest BCUT2D eigenvalue weighted by Crippen LogP contribution is 2.28. The first-order valence-electron chi connectivity index (χ1n) is 7.30. The van der Waals surface area contributed by atoms with Gasteiger partial charge in [0.15, 0.2) is 0 Å². The van der Waals surface area contributed by atoms with Crippen molar-refractivity contribution in [2.75, 3.05) is 40.8 Å². The van der Waals surface area contributed by atoms with Gasteiger partial charge >= 0.3 is 0 Å². The summed E-state index contributed by atoms with van der Waals surface area (Å²) in [7, 11) is 6.06. The molecule has 0 spiro atoms. The molecule has 0 saturated carbocycles. The lowest BCUT2D eigenvalue weighted by atomic mass is 9.90. The molecule has 20 heavy (non-hydrogen) atoms. The van der Waals surface area contributed by atoms with Gasteiger partial charge in [-0.3, -0.25) is 4.90 Å². The van der Waals surface area contributed by atoms with Crippen LogP contribution in [0, 0.1) is 13.8 Å². The van der Waals surface area contributed by atoms with Crippen LogP contribution in [0.15, 0.2) is 4.52 Å². The lowest BCUT2D eigenvalue weighted by molar-refractivity contribution is -0.0712. The first kappa shape index (κ1) is 15.5. The van der Waals surface area contributed by atoms with E-state index in [9.17, 15) is 0 Å². The molecule has 5 nitrogen and oxygen atoms in total. The lowest BCUT2D eigenvalue weighted by Gasteiger charge is -2.42. The van der Waals surface area contributed by atoms with Crippen molar-refractivity contribution in [3.05, 3.63) is 17.0 Å². The fourth-order valence-corrected chi connectivity index (χ4v) is 3.07. The van der Waals surface area contributed by atoms with E-state index in [0.717, 1.165) is 50.5 Å². The summed E-state index contributed by atoms with van der Waals surface area (Å²) in [5.74, 6) is 0.944. The highest BCUT2D eigenvalue weighted by atomic mass is 16.5. The molecule has 0 bridgehead atoms. The van der Waals surface area contributed by atoms with Crippen molar-refractivity contribution in [2.24, 2.45) is 0 Å². The molecule has 0 unspecified atom stereocenters. The molecule has 0 N–H and O–H groups in total. The Morgan fingerprint density at radius 2 is 1.95 bits per heavy atom. The summed E-state index contributed by atoms with van der Waals surface area (Å²) in [6.45, 7) is 8.05. The van der Waals surface area contributed by atoms with Gasteiger partial charge in [0.25, 0.3) is 0 Å². The van der Waals surface area contributed by atoms with Crippen LogP contribution in [0.2, 0.25) is 0 Å². The summed E-state index contributed by atoms with van der Waals surface area (Å²) in [5, 5.41) is 4.03. The molecule has 2 rings (SSSR count). The number of ether oxygens (including phenoxy) is 1. The second kappa shape index (κ2) is 6.24. The fourth-order valence-electron chi connectivity index (χ4n) is 3.07. The van der Waals surface area contributed by atoms with E-state index in [1.807, 2.05) is 21.0 Å². The van der Waals surface area contributed by atoms with Crippen LogP contribution in [0.5, 0.6) is 0 Å². The number of piperidine rings is 1. The Morgan fingerprint density at radius 3 is 2.40 bits per heavy atom. The Hall–Kier alpha value is -0.910. The molecule has 1 aliphatic heterocycles. The van der Waals surface area contributed by atoms with Crippen molar-refractivity contribution in [1.29, 1.82) is 0 Å². The molecule has 0 aromatic carbocycles. The van der Waals surface area contributed by atoms with Gasteiger partial charge < -0.3 is 14.2 Å². The van der Waals surface area contributed by atoms with Gasteiger partial charge in [0.2, 0.25) is 0 Å². The van der Waals surface area contributed by atoms with E-state index in [-0.39, 0.29) is 5.60 Å². The molecule has 5 heteroatoms. The number of aromatic nitrogens is 1. The highest BCUT2D eigenvalue weighted by Gasteiger charge is 2.35. The van der Waals surface area contributed by atoms with E-state index < -0.39 is 0 Å². The number of hydrogen-bond acceptors (Lipinski definition) is 5. The lowest BCUT2D eigenvalue weighted by Crippen LogP contribution is -2.50. The zero-order valence-corrected chi connectivity index (χ0v) is 13.4. The molecule has 1 aromatic rings. The van der Waals surface area contributed by atoms with Gasteiger partial charge in [-0.2, -0.15) is 0 Å². The zero-order chi connectivity index (χ0) is 14.8. The highest BCUT2D eigenvalue weighted by molar-refractivity contribution is 5.20. The van der Waals surface area contributed by atoms with Crippen molar-refractivity contribution in [2.45, 2.75) is 38.8 Å². The molecule has 1 fully saturated rings. The Labute approximate surface area is 121 Å². The number of hydrogen-bond donors (Lipinski definition) is 0. The summed E-state index contributed by atoms with van der Waals surface area (Å²) in [6, 6.07) is 0. The van der Waals surface area contributed by atoms with E-state index in [1.54, 1.807) is 0 Å². The quantitative estimate of drug-likeness (QED) is 0.823. The van der Waals surface area contributed by atoms with E-state index in [1.165, 1.54) is 5.56 Å². The smallest absolute Gasteiger partial charge is 0.138 e. The SMILES string of the molecule is COC1(CN(C)C)CCN(Cc2c(C)noc2C)CC1. The first-order chi connectivity index (χ1) is 9.46. The zero-order valence-electron chi connectivity index (χ0n) is 13.4. The van der Waals surface area contributed by atoms with Crippen molar-refractivity contribution in [1.82, 2.24) is 15.0 Å². The van der Waals surface area contributed by atoms with E-state index in [2.05, 4.69) is 29.1 Å². The molecule has 114 valence electrons. The van der Waals surface area contributed by atoms with Crippen LogP contribution in [0.3, 0.4) is 0 Å². The van der Waals surface area contributed by atoms with Crippen LogP contribution in [-0.2, 0) is 11.3 Å². The molecule has 1 saturated heterocycles. The fraction of sp³-hybridized carbons (Fsp3) is 0.800. The third kappa shape index (κ3) is 3.40. The van der Waals surface area contributed by atoms with Crippen molar-refractivity contribution < 1.29 is 9.26 Å². The van der Waals surface area contributed by atoms with Crippen LogP contribution in [-0.4, -0.2) is 61.4 Å². The van der Waals surface area contributed by atoms with Crippen LogP contribution < -0.4 is 0 Å². The minimum absolute atomic E-state index is 0.0126. The van der Waals surface area contributed by atoms with Gasteiger partial charge in [0, 0.05) is 38.9 Å². The average Bonchev–Trinajstić information content (AvgIpc) is 2.72. The number of methoxy groups -OCH3 is 1. The number of likely N-dealkylation sites (tertiary alicyclic amines) is 1. The molecule has 0 atom stereocenters. The van der Waals surface area contributed by atoms with Crippen molar-refractivity contribution in [3.63, 3.8) is 0 Å². The molecule has 0 amide bonds. The summed E-state index contributed by atoms with van der Waals surface area (Å²) in [6.07, 6.45) is 2.15. The molecule has 0 aliphatic carbocycles. The minimum atomic E-state index is 0.0126. The Balaban J connectivity index is 1.94. The molecule has 0 radical (unpaired) electrons. The van der Waals surface area contributed by atoms with Gasteiger partial charge in [-0.05, 0) is 40.8 Å². The molecule has 1 aromatic heterocycles. The Morgan fingerprint density at radius 1 is 1.30 bits per heavy atom. The number of likely N-dealkylation sites (N-methyl/N-ethyl adjacent to an activating group) is 1. The van der Waals surface area contributed by atoms with Gasteiger partial charge in [0.1, 0.15) is 5.76 Å². The van der Waals surface area contributed by atoms with Crippen LogP contribution in [0.4, 0.5) is 0 Å². The van der Waals surface area contributed by atoms with Crippen LogP contribution in [0.25, 0.3) is 0 Å². The van der Waals surface area contributed by atoms with Crippen molar-refractivity contribution in [3.8, 4) is 0 Å². The maximum atomic E-state index is 5.82. The summed E-state index contributed by atoms with van der Waals surface area (Å²) in [5.41, 5.74) is 2.26. The van der Waals surface area contributed by atoms with Crippen LogP contribution in [0.1, 0.15) is 29.9 Å². The monoisotopic (exact) mass is 281 g/mol. The number of nitrogens with zero attached hydrogens (tertiary/aromatic N) is 3. The molecule has 1 aliphatic rings. The second-order valence-electron chi connectivity index (χ2n) is 6.20. The maximum absolute atomic E-state index is 5.82. The third-order valence-electron chi connectivity index (χ3n) is 4.37. The normalized spacial score (nSPS) is 19.7.